The van der Waals surface area contributed by atoms with Crippen molar-refractivity contribution >= 4 is 29.1 Å². The molecule has 4 rings (SSSR count). The number of amides is 2. The zero-order valence-corrected chi connectivity index (χ0v) is 17.4. The van der Waals surface area contributed by atoms with Crippen LogP contribution < -0.4 is 10.6 Å². The second kappa shape index (κ2) is 8.66. The van der Waals surface area contributed by atoms with Gasteiger partial charge in [0.2, 0.25) is 5.91 Å². The monoisotopic (exact) mass is 462 g/mol. The Bertz CT molecular complexity index is 1150. The zero-order chi connectivity index (χ0) is 22.9. The summed E-state index contributed by atoms with van der Waals surface area (Å²) in [6, 6.07) is 11.3. The Kier molecular flexibility index (Phi) is 5.92. The number of halogens is 4. The first-order valence-corrected chi connectivity index (χ1v) is 10.2. The largest absolute Gasteiger partial charge is 0.416 e. The van der Waals surface area contributed by atoms with E-state index in [1.54, 1.807) is 24.3 Å². The lowest BCUT2D eigenvalue weighted by atomic mass is 10.1. The number of anilines is 1. The number of nitrogens with zero attached hydrogens (tertiary/aromatic N) is 2. The van der Waals surface area contributed by atoms with Gasteiger partial charge in [-0.05, 0) is 55.3 Å². The van der Waals surface area contributed by atoms with Crippen LogP contribution in [0.1, 0.15) is 40.4 Å². The summed E-state index contributed by atoms with van der Waals surface area (Å²) < 4.78 is 40.7. The number of carbonyl (C=O) groups excluding carboxylic acids is 2. The number of alkyl halides is 3. The van der Waals surface area contributed by atoms with Gasteiger partial charge in [-0.3, -0.25) is 9.59 Å². The van der Waals surface area contributed by atoms with Crippen molar-refractivity contribution < 1.29 is 22.8 Å². The van der Waals surface area contributed by atoms with Crippen LogP contribution in [0.15, 0.2) is 54.7 Å². The zero-order valence-electron chi connectivity index (χ0n) is 16.6. The number of aromatic nitrogens is 2. The van der Waals surface area contributed by atoms with Crippen LogP contribution >= 0.6 is 11.6 Å². The second-order valence-corrected chi connectivity index (χ2v) is 7.85. The summed E-state index contributed by atoms with van der Waals surface area (Å²) in [6.45, 7) is -0.277. The van der Waals surface area contributed by atoms with Crippen molar-refractivity contribution in [3.05, 3.63) is 76.6 Å². The van der Waals surface area contributed by atoms with Crippen LogP contribution in [0.3, 0.4) is 0 Å². The van der Waals surface area contributed by atoms with Gasteiger partial charge in [-0.15, -0.1) is 0 Å². The van der Waals surface area contributed by atoms with E-state index in [4.69, 9.17) is 11.6 Å². The van der Waals surface area contributed by atoms with Crippen LogP contribution in [-0.4, -0.2) is 28.1 Å². The number of rotatable bonds is 6. The van der Waals surface area contributed by atoms with Gasteiger partial charge in [0.15, 0.2) is 0 Å². The molecular weight excluding hydrogens is 445 g/mol. The van der Waals surface area contributed by atoms with Crippen LogP contribution in [-0.2, 0) is 11.0 Å². The van der Waals surface area contributed by atoms with Gasteiger partial charge in [-0.1, -0.05) is 17.7 Å². The number of hydrogen-bond acceptors (Lipinski definition) is 3. The molecule has 10 heteroatoms. The highest BCUT2D eigenvalue weighted by Gasteiger charge is 2.34. The van der Waals surface area contributed by atoms with Gasteiger partial charge in [-0.25, -0.2) is 4.68 Å². The Labute approximate surface area is 186 Å². The minimum atomic E-state index is -4.49. The highest BCUT2D eigenvalue weighted by molar-refractivity contribution is 6.30. The average Bonchev–Trinajstić information content (AvgIpc) is 3.50. The van der Waals surface area contributed by atoms with E-state index in [0.29, 0.717) is 16.4 Å². The SMILES string of the molecule is O=C(CNC(=O)c1cnn(-c2cccc(C(F)(F)F)c2)c1C1CC1)Nc1ccc(Cl)cc1. The third kappa shape index (κ3) is 4.94. The van der Waals surface area contributed by atoms with Crippen LogP contribution in [0.2, 0.25) is 5.02 Å². The first-order valence-electron chi connectivity index (χ1n) is 9.81. The van der Waals surface area contributed by atoms with Crippen molar-refractivity contribution in [1.82, 2.24) is 15.1 Å². The van der Waals surface area contributed by atoms with E-state index in [0.717, 1.165) is 25.0 Å². The molecule has 0 aliphatic heterocycles. The molecule has 0 saturated heterocycles. The fourth-order valence-electron chi connectivity index (χ4n) is 3.30. The average molecular weight is 463 g/mol. The maximum absolute atomic E-state index is 13.1. The Balaban J connectivity index is 1.49. The lowest BCUT2D eigenvalue weighted by molar-refractivity contribution is -0.137. The van der Waals surface area contributed by atoms with Crippen molar-refractivity contribution in [1.29, 1.82) is 0 Å². The van der Waals surface area contributed by atoms with Gasteiger partial charge in [-0.2, -0.15) is 18.3 Å². The molecule has 3 aromatic rings. The third-order valence-corrected chi connectivity index (χ3v) is 5.22. The van der Waals surface area contributed by atoms with E-state index in [-0.39, 0.29) is 23.7 Å². The molecule has 0 radical (unpaired) electrons. The Morgan fingerprint density at radius 1 is 1.12 bits per heavy atom. The summed E-state index contributed by atoms with van der Waals surface area (Å²) in [4.78, 5) is 24.9. The molecule has 1 aliphatic carbocycles. The van der Waals surface area contributed by atoms with Crippen molar-refractivity contribution in [3.63, 3.8) is 0 Å². The molecule has 1 aliphatic rings. The molecule has 1 fully saturated rings. The number of carbonyl (C=O) groups is 2. The molecule has 2 amide bonds. The fraction of sp³-hybridized carbons (Fsp3) is 0.227. The van der Waals surface area contributed by atoms with Gasteiger partial charge >= 0.3 is 6.18 Å². The van der Waals surface area contributed by atoms with Crippen molar-refractivity contribution in [2.75, 3.05) is 11.9 Å². The molecule has 6 nitrogen and oxygen atoms in total. The summed E-state index contributed by atoms with van der Waals surface area (Å²) in [7, 11) is 0. The first kappa shape index (κ1) is 21.9. The van der Waals surface area contributed by atoms with Crippen LogP contribution in [0.4, 0.5) is 18.9 Å². The third-order valence-electron chi connectivity index (χ3n) is 4.97. The van der Waals surface area contributed by atoms with E-state index in [1.165, 1.54) is 23.0 Å². The van der Waals surface area contributed by atoms with Crippen LogP contribution in [0, 0.1) is 0 Å². The first-order chi connectivity index (χ1) is 15.2. The standard InChI is InChI=1S/C22H18ClF3N4O2/c23-15-6-8-16(9-7-15)29-19(31)12-27-21(32)18-11-28-30(20(18)13-4-5-13)17-3-1-2-14(10-17)22(24,25)26/h1-3,6-11,13H,4-5,12H2,(H,27,32)(H,29,31). The molecule has 2 N–H and O–H groups in total. The molecule has 0 spiro atoms. The lowest BCUT2D eigenvalue weighted by Gasteiger charge is -2.12. The lowest BCUT2D eigenvalue weighted by Crippen LogP contribution is -2.33. The van der Waals surface area contributed by atoms with Crippen molar-refractivity contribution in [2.45, 2.75) is 24.9 Å². The molecule has 1 saturated carbocycles. The molecule has 0 bridgehead atoms. The van der Waals surface area contributed by atoms with Crippen molar-refractivity contribution in [2.24, 2.45) is 0 Å². The van der Waals surface area contributed by atoms with Gasteiger partial charge in [0, 0.05) is 16.6 Å². The quantitative estimate of drug-likeness (QED) is 0.553. The molecule has 166 valence electrons. The highest BCUT2D eigenvalue weighted by atomic mass is 35.5. The van der Waals surface area contributed by atoms with E-state index in [1.807, 2.05) is 0 Å². The minimum absolute atomic E-state index is 0.0238. The molecule has 1 heterocycles. The maximum Gasteiger partial charge on any atom is 0.416 e. The number of nitrogens with one attached hydrogen (secondary N) is 2. The molecule has 0 atom stereocenters. The van der Waals surface area contributed by atoms with Gasteiger partial charge in [0.25, 0.3) is 5.91 Å². The molecular formula is C22H18ClF3N4O2. The number of benzene rings is 2. The normalized spacial score (nSPS) is 13.6. The summed E-state index contributed by atoms with van der Waals surface area (Å²) in [5.74, 6) is -0.925. The maximum atomic E-state index is 13.1. The van der Waals surface area contributed by atoms with Gasteiger partial charge < -0.3 is 10.6 Å². The predicted molar refractivity (Wildman–Crippen MR) is 113 cm³/mol. The van der Waals surface area contributed by atoms with E-state index in [9.17, 15) is 22.8 Å². The summed E-state index contributed by atoms with van der Waals surface area (Å²) >= 11 is 5.81. The van der Waals surface area contributed by atoms with Gasteiger partial charge in [0.1, 0.15) is 0 Å². The topological polar surface area (TPSA) is 76.0 Å². The smallest absolute Gasteiger partial charge is 0.343 e. The predicted octanol–water partition coefficient (Wildman–Crippen LogP) is 4.79. The van der Waals surface area contributed by atoms with Gasteiger partial charge in [0.05, 0.1) is 35.2 Å². The second-order valence-electron chi connectivity index (χ2n) is 7.42. The summed E-state index contributed by atoms with van der Waals surface area (Å²) in [5, 5.41) is 9.88. The number of hydrogen-bond donors (Lipinski definition) is 2. The van der Waals surface area contributed by atoms with E-state index >= 15 is 0 Å². The summed E-state index contributed by atoms with van der Waals surface area (Å²) in [6.07, 6.45) is -1.55. The van der Waals surface area contributed by atoms with E-state index < -0.39 is 23.6 Å². The van der Waals surface area contributed by atoms with E-state index in [2.05, 4.69) is 15.7 Å². The highest BCUT2D eigenvalue weighted by Crippen LogP contribution is 2.42. The molecule has 32 heavy (non-hydrogen) atoms. The van der Waals surface area contributed by atoms with Crippen LogP contribution in [0.5, 0.6) is 0 Å². The fourth-order valence-corrected chi connectivity index (χ4v) is 3.42. The summed E-state index contributed by atoms with van der Waals surface area (Å²) in [5.41, 5.74) is 0.743. The van der Waals surface area contributed by atoms with Crippen molar-refractivity contribution in [3.8, 4) is 5.69 Å². The Morgan fingerprint density at radius 3 is 2.50 bits per heavy atom. The molecule has 2 aromatic carbocycles. The molecule has 0 unspecified atom stereocenters. The minimum Gasteiger partial charge on any atom is -0.343 e. The Morgan fingerprint density at radius 2 is 1.84 bits per heavy atom. The van der Waals surface area contributed by atoms with Crippen LogP contribution in [0.25, 0.3) is 5.69 Å². The molecule has 1 aromatic heterocycles. The Hall–Kier alpha value is -3.33.